The summed E-state index contributed by atoms with van der Waals surface area (Å²) < 4.78 is 0. The molecule has 0 bridgehead atoms. The van der Waals surface area contributed by atoms with Crippen LogP contribution in [0.15, 0.2) is 97.7 Å². The molecule has 132 valence electrons. The SMILES string of the molecule is OB(O)c1ccccc1.c1cncc(-c2cccnc2-c2cccnc2)c1. The van der Waals surface area contributed by atoms with Gasteiger partial charge in [-0.05, 0) is 29.7 Å². The Bertz CT molecular complexity index is 894. The molecule has 0 fully saturated rings. The van der Waals surface area contributed by atoms with Gasteiger partial charge < -0.3 is 10.0 Å². The van der Waals surface area contributed by atoms with Crippen LogP contribution in [0.4, 0.5) is 0 Å². The van der Waals surface area contributed by atoms with E-state index in [2.05, 4.69) is 15.0 Å². The first kappa shape index (κ1) is 18.4. The summed E-state index contributed by atoms with van der Waals surface area (Å²) in [7, 11) is -1.34. The van der Waals surface area contributed by atoms with E-state index >= 15 is 0 Å². The molecule has 1 aromatic carbocycles. The van der Waals surface area contributed by atoms with Crippen molar-refractivity contribution in [2.45, 2.75) is 0 Å². The molecule has 0 atom stereocenters. The van der Waals surface area contributed by atoms with E-state index in [0.717, 1.165) is 22.4 Å². The van der Waals surface area contributed by atoms with E-state index in [0.29, 0.717) is 5.46 Å². The summed E-state index contributed by atoms with van der Waals surface area (Å²) >= 11 is 0. The van der Waals surface area contributed by atoms with Crippen molar-refractivity contribution < 1.29 is 10.0 Å². The van der Waals surface area contributed by atoms with E-state index < -0.39 is 7.12 Å². The molecule has 0 unspecified atom stereocenters. The van der Waals surface area contributed by atoms with Gasteiger partial charge >= 0.3 is 7.12 Å². The van der Waals surface area contributed by atoms with Gasteiger partial charge in [0.1, 0.15) is 0 Å². The van der Waals surface area contributed by atoms with E-state index in [4.69, 9.17) is 10.0 Å². The van der Waals surface area contributed by atoms with Gasteiger partial charge in [-0.1, -0.05) is 42.5 Å². The standard InChI is InChI=1S/C15H11N3.C6H7BO2/c1-4-12(10-16-7-1)14-6-3-9-18-15(14)13-5-2-8-17-11-13;8-7(9)6-4-2-1-3-5-6/h1-11H;1-5,8-9H. The van der Waals surface area contributed by atoms with Crippen LogP contribution in [0.2, 0.25) is 0 Å². The number of nitrogens with zero attached hydrogens (tertiary/aromatic N) is 3. The summed E-state index contributed by atoms with van der Waals surface area (Å²) in [5.74, 6) is 0. The van der Waals surface area contributed by atoms with Crippen LogP contribution in [-0.4, -0.2) is 32.1 Å². The van der Waals surface area contributed by atoms with E-state index in [1.165, 1.54) is 0 Å². The van der Waals surface area contributed by atoms with E-state index in [9.17, 15) is 0 Å². The molecule has 0 aliphatic rings. The van der Waals surface area contributed by atoms with Gasteiger partial charge in [0.25, 0.3) is 0 Å². The summed E-state index contributed by atoms with van der Waals surface area (Å²) in [6.45, 7) is 0. The number of rotatable bonds is 3. The van der Waals surface area contributed by atoms with Crippen molar-refractivity contribution in [3.05, 3.63) is 97.7 Å². The quantitative estimate of drug-likeness (QED) is 0.552. The van der Waals surface area contributed by atoms with Crippen LogP contribution in [0.1, 0.15) is 0 Å². The van der Waals surface area contributed by atoms with Crippen LogP contribution < -0.4 is 5.46 Å². The lowest BCUT2D eigenvalue weighted by atomic mass is 9.81. The molecule has 0 aliphatic carbocycles. The molecule has 6 heteroatoms. The summed E-state index contributed by atoms with van der Waals surface area (Å²) in [5.41, 5.74) is 4.59. The highest BCUT2D eigenvalue weighted by atomic mass is 16.4. The van der Waals surface area contributed by atoms with Gasteiger partial charge in [-0.25, -0.2) is 0 Å². The lowest BCUT2D eigenvalue weighted by Gasteiger charge is -2.07. The van der Waals surface area contributed by atoms with Crippen molar-refractivity contribution in [1.82, 2.24) is 15.0 Å². The largest absolute Gasteiger partial charge is 0.488 e. The fraction of sp³-hybridized carbons (Fsp3) is 0. The summed E-state index contributed by atoms with van der Waals surface area (Å²) in [4.78, 5) is 12.8. The van der Waals surface area contributed by atoms with Crippen molar-refractivity contribution in [3.8, 4) is 22.4 Å². The molecular weight excluding hydrogens is 337 g/mol. The zero-order chi connectivity index (χ0) is 18.9. The summed E-state index contributed by atoms with van der Waals surface area (Å²) in [5, 5.41) is 17.2. The van der Waals surface area contributed by atoms with Crippen molar-refractivity contribution in [2.24, 2.45) is 0 Å². The predicted molar refractivity (Wildman–Crippen MR) is 107 cm³/mol. The van der Waals surface area contributed by atoms with Crippen molar-refractivity contribution in [1.29, 1.82) is 0 Å². The third-order valence-electron chi connectivity index (χ3n) is 3.81. The van der Waals surface area contributed by atoms with Crippen LogP contribution in [0.3, 0.4) is 0 Å². The smallest absolute Gasteiger partial charge is 0.423 e. The zero-order valence-corrected chi connectivity index (χ0v) is 14.6. The Morgan fingerprint density at radius 1 is 0.630 bits per heavy atom. The second-order valence-electron chi connectivity index (χ2n) is 5.67. The maximum absolute atomic E-state index is 8.58. The third-order valence-corrected chi connectivity index (χ3v) is 3.81. The summed E-state index contributed by atoms with van der Waals surface area (Å²) in [6, 6.07) is 20.5. The minimum atomic E-state index is -1.34. The molecule has 4 aromatic rings. The van der Waals surface area contributed by atoms with Crippen LogP contribution in [-0.2, 0) is 0 Å². The molecule has 3 heterocycles. The Hall–Kier alpha value is -3.35. The van der Waals surface area contributed by atoms with Gasteiger partial charge in [0, 0.05) is 47.7 Å². The van der Waals surface area contributed by atoms with E-state index in [1.807, 2.05) is 54.9 Å². The van der Waals surface area contributed by atoms with Gasteiger partial charge in [-0.2, -0.15) is 0 Å². The molecule has 4 rings (SSSR count). The van der Waals surface area contributed by atoms with Crippen LogP contribution in [0, 0.1) is 0 Å². The Balaban J connectivity index is 0.000000197. The number of hydrogen-bond donors (Lipinski definition) is 2. The fourth-order valence-corrected chi connectivity index (χ4v) is 2.52. The molecule has 0 aliphatic heterocycles. The first-order valence-electron chi connectivity index (χ1n) is 8.42. The monoisotopic (exact) mass is 355 g/mol. The van der Waals surface area contributed by atoms with Crippen LogP contribution in [0.25, 0.3) is 22.4 Å². The molecule has 0 radical (unpaired) electrons. The van der Waals surface area contributed by atoms with Crippen LogP contribution >= 0.6 is 0 Å². The topological polar surface area (TPSA) is 79.1 Å². The Kier molecular flexibility index (Phi) is 6.41. The molecule has 0 saturated carbocycles. The average Bonchev–Trinajstić information content (AvgIpc) is 2.76. The lowest BCUT2D eigenvalue weighted by Crippen LogP contribution is -2.29. The third kappa shape index (κ3) is 5.07. The molecule has 5 nitrogen and oxygen atoms in total. The zero-order valence-electron chi connectivity index (χ0n) is 14.6. The first-order valence-corrected chi connectivity index (χ1v) is 8.42. The minimum Gasteiger partial charge on any atom is -0.423 e. The van der Waals surface area contributed by atoms with Crippen molar-refractivity contribution in [2.75, 3.05) is 0 Å². The van der Waals surface area contributed by atoms with E-state index in [-0.39, 0.29) is 0 Å². The second-order valence-corrected chi connectivity index (χ2v) is 5.67. The average molecular weight is 355 g/mol. The minimum absolute atomic E-state index is 0.525. The van der Waals surface area contributed by atoms with Crippen molar-refractivity contribution in [3.63, 3.8) is 0 Å². The number of hydrogen-bond acceptors (Lipinski definition) is 5. The Morgan fingerprint density at radius 2 is 1.26 bits per heavy atom. The summed E-state index contributed by atoms with van der Waals surface area (Å²) in [6.07, 6.45) is 8.99. The number of aromatic nitrogens is 3. The molecule has 0 saturated heterocycles. The number of pyridine rings is 3. The maximum atomic E-state index is 8.58. The van der Waals surface area contributed by atoms with Crippen molar-refractivity contribution >= 4 is 12.6 Å². The molecule has 0 spiro atoms. The number of benzene rings is 1. The highest BCUT2D eigenvalue weighted by Crippen LogP contribution is 2.28. The highest BCUT2D eigenvalue weighted by Gasteiger charge is 2.08. The van der Waals surface area contributed by atoms with Gasteiger partial charge in [-0.15, -0.1) is 0 Å². The molecule has 27 heavy (non-hydrogen) atoms. The van der Waals surface area contributed by atoms with Gasteiger partial charge in [0.05, 0.1) is 5.69 Å². The van der Waals surface area contributed by atoms with Crippen LogP contribution in [0.5, 0.6) is 0 Å². The highest BCUT2D eigenvalue weighted by molar-refractivity contribution is 6.58. The normalized spacial score (nSPS) is 9.85. The molecule has 0 amide bonds. The second kappa shape index (κ2) is 9.38. The Morgan fingerprint density at radius 3 is 1.81 bits per heavy atom. The maximum Gasteiger partial charge on any atom is 0.488 e. The first-order chi connectivity index (χ1) is 13.3. The van der Waals surface area contributed by atoms with Gasteiger partial charge in [-0.3, -0.25) is 15.0 Å². The fourth-order valence-electron chi connectivity index (χ4n) is 2.52. The molecular formula is C21H18BN3O2. The molecule has 2 N–H and O–H groups in total. The Labute approximate surface area is 158 Å². The van der Waals surface area contributed by atoms with Gasteiger partial charge in [0.15, 0.2) is 0 Å². The predicted octanol–water partition coefficient (Wildman–Crippen LogP) is 2.57. The molecule has 3 aromatic heterocycles. The van der Waals surface area contributed by atoms with E-state index in [1.54, 1.807) is 42.9 Å². The lowest BCUT2D eigenvalue weighted by molar-refractivity contribution is 0.426. The van der Waals surface area contributed by atoms with Gasteiger partial charge in [0.2, 0.25) is 0 Å².